The van der Waals surface area contributed by atoms with E-state index in [1.54, 1.807) is 46.1 Å². The van der Waals surface area contributed by atoms with Crippen molar-refractivity contribution in [1.29, 1.82) is 0 Å². The minimum absolute atomic E-state index is 0.115. The topological polar surface area (TPSA) is 153 Å². The molecule has 6 rings (SSSR count). The SMILES string of the molecule is Brc1cccs1.Nc1cccc(-c2cccs2)c1.O=[N+]([O-])c1cccc(-c2cccs2)c1.O=[N+]([O-])c1cccc(B(O)O)c1. The molecule has 0 spiro atoms. The number of nitrogens with two attached hydrogens (primary N) is 1. The number of nitro benzene ring substituents is 2. The van der Waals surface area contributed by atoms with Gasteiger partial charge in [-0.3, -0.25) is 20.2 Å². The lowest BCUT2D eigenvalue weighted by molar-refractivity contribution is -0.385. The van der Waals surface area contributed by atoms with Crippen molar-refractivity contribution in [2.75, 3.05) is 5.73 Å². The van der Waals surface area contributed by atoms with Crippen molar-refractivity contribution < 1.29 is 19.9 Å². The van der Waals surface area contributed by atoms with Gasteiger partial charge in [-0.25, -0.2) is 0 Å². The Labute approximate surface area is 274 Å². The van der Waals surface area contributed by atoms with E-state index in [2.05, 4.69) is 33.4 Å². The first kappa shape index (κ1) is 34.3. The van der Waals surface area contributed by atoms with Crippen LogP contribution in [0.4, 0.5) is 17.1 Å². The van der Waals surface area contributed by atoms with Crippen molar-refractivity contribution >= 4 is 79.6 Å². The van der Waals surface area contributed by atoms with Crippen molar-refractivity contribution in [3.63, 3.8) is 0 Å². The number of anilines is 1. The molecule has 0 saturated heterocycles. The average Bonchev–Trinajstić information content (AvgIpc) is 3.83. The Balaban J connectivity index is 0.000000166. The number of hydrogen-bond acceptors (Lipinski definition) is 10. The van der Waals surface area contributed by atoms with Crippen molar-refractivity contribution in [1.82, 2.24) is 0 Å². The van der Waals surface area contributed by atoms with Gasteiger partial charge >= 0.3 is 7.12 Å². The first-order valence-corrected chi connectivity index (χ1v) is 16.0. The second-order valence-corrected chi connectivity index (χ2v) is 12.8. The molecule has 4 N–H and O–H groups in total. The number of benzene rings is 3. The molecule has 0 radical (unpaired) electrons. The summed E-state index contributed by atoms with van der Waals surface area (Å²) in [5, 5.41) is 44.1. The molecule has 3 aromatic heterocycles. The Morgan fingerprint density at radius 1 is 0.636 bits per heavy atom. The molecule has 0 amide bonds. The lowest BCUT2D eigenvalue weighted by Gasteiger charge is -1.97. The molecule has 44 heavy (non-hydrogen) atoms. The summed E-state index contributed by atoms with van der Waals surface area (Å²) in [6.45, 7) is 0. The summed E-state index contributed by atoms with van der Waals surface area (Å²) in [6.07, 6.45) is 0. The molecule has 0 aliphatic rings. The fourth-order valence-electron chi connectivity index (χ4n) is 3.41. The zero-order valence-corrected chi connectivity index (χ0v) is 26.8. The normalized spacial score (nSPS) is 9.70. The number of hydrogen-bond donors (Lipinski definition) is 3. The summed E-state index contributed by atoms with van der Waals surface area (Å²) < 4.78 is 1.20. The van der Waals surface area contributed by atoms with Crippen LogP contribution in [0.25, 0.3) is 20.9 Å². The number of thiophene rings is 3. The molecule has 0 unspecified atom stereocenters. The van der Waals surface area contributed by atoms with Crippen LogP contribution in [0.3, 0.4) is 0 Å². The maximum absolute atomic E-state index is 10.5. The number of halogens is 1. The largest absolute Gasteiger partial charge is 0.488 e. The van der Waals surface area contributed by atoms with Gasteiger partial charge in [0.05, 0.1) is 13.6 Å². The van der Waals surface area contributed by atoms with Gasteiger partial charge in [0.25, 0.3) is 11.4 Å². The third kappa shape index (κ3) is 11.5. The van der Waals surface area contributed by atoms with E-state index in [1.807, 2.05) is 65.4 Å². The molecule has 6 aromatic rings. The highest BCUT2D eigenvalue weighted by molar-refractivity contribution is 9.11. The molecule has 0 aliphatic carbocycles. The third-order valence-electron chi connectivity index (χ3n) is 5.42. The molecule has 0 aliphatic heterocycles. The van der Waals surface area contributed by atoms with Gasteiger partial charge in [-0.15, -0.1) is 34.0 Å². The lowest BCUT2D eigenvalue weighted by Crippen LogP contribution is -2.29. The zero-order chi connectivity index (χ0) is 31.9. The quantitative estimate of drug-likeness (QED) is 0.0707. The highest BCUT2D eigenvalue weighted by Crippen LogP contribution is 2.27. The summed E-state index contributed by atoms with van der Waals surface area (Å²) in [4.78, 5) is 22.1. The van der Waals surface area contributed by atoms with Crippen molar-refractivity contribution in [2.24, 2.45) is 0 Å². The zero-order valence-electron chi connectivity index (χ0n) is 22.8. The smallest absolute Gasteiger partial charge is 0.423 e. The van der Waals surface area contributed by atoms with Gasteiger partial charge in [0.2, 0.25) is 0 Å². The maximum Gasteiger partial charge on any atom is 0.488 e. The average molecular weight is 710 g/mol. The number of nitro groups is 2. The third-order valence-corrected chi connectivity index (χ3v) is 8.74. The van der Waals surface area contributed by atoms with Crippen LogP contribution < -0.4 is 11.2 Å². The van der Waals surface area contributed by atoms with E-state index >= 15 is 0 Å². The minimum Gasteiger partial charge on any atom is -0.423 e. The number of nitrogen functional groups attached to an aromatic ring is 1. The fourth-order valence-corrected chi connectivity index (χ4v) is 5.78. The van der Waals surface area contributed by atoms with Gasteiger partial charge in [-0.2, -0.15) is 0 Å². The number of nitrogens with zero attached hydrogens (tertiary/aromatic N) is 2. The second kappa shape index (κ2) is 17.8. The van der Waals surface area contributed by atoms with Crippen LogP contribution in [0, 0.1) is 20.2 Å². The molecule has 0 atom stereocenters. The Morgan fingerprint density at radius 2 is 1.14 bits per heavy atom. The molecule has 0 fully saturated rings. The summed E-state index contributed by atoms with van der Waals surface area (Å²) in [6, 6.07) is 31.8. The minimum atomic E-state index is -1.66. The lowest BCUT2D eigenvalue weighted by atomic mass is 9.80. The molecule has 3 aromatic carbocycles. The van der Waals surface area contributed by atoms with Crippen molar-refractivity contribution in [3.05, 3.63) is 149 Å². The van der Waals surface area contributed by atoms with Crippen LogP contribution in [0.2, 0.25) is 0 Å². The summed E-state index contributed by atoms with van der Waals surface area (Å²) in [7, 11) is -1.66. The first-order valence-electron chi connectivity index (χ1n) is 12.6. The van der Waals surface area contributed by atoms with Crippen LogP contribution >= 0.6 is 49.9 Å². The monoisotopic (exact) mass is 709 g/mol. The van der Waals surface area contributed by atoms with Crippen LogP contribution in [-0.4, -0.2) is 27.0 Å². The fraction of sp³-hybridized carbons (Fsp3) is 0. The maximum atomic E-state index is 10.5. The predicted molar refractivity (Wildman–Crippen MR) is 186 cm³/mol. The molecule has 224 valence electrons. The van der Waals surface area contributed by atoms with E-state index in [9.17, 15) is 20.2 Å². The Bertz CT molecular complexity index is 1730. The highest BCUT2D eigenvalue weighted by atomic mass is 79.9. The van der Waals surface area contributed by atoms with E-state index < -0.39 is 12.0 Å². The Kier molecular flexibility index (Phi) is 13.9. The van der Waals surface area contributed by atoms with Crippen LogP contribution in [0.1, 0.15) is 0 Å². The Hall–Kier alpha value is -4.18. The summed E-state index contributed by atoms with van der Waals surface area (Å²) in [5.41, 5.74) is 8.68. The molecule has 0 saturated carbocycles. The summed E-state index contributed by atoms with van der Waals surface area (Å²) >= 11 is 8.30. The van der Waals surface area contributed by atoms with Gasteiger partial charge in [0.1, 0.15) is 0 Å². The van der Waals surface area contributed by atoms with Crippen LogP contribution in [0.15, 0.2) is 129 Å². The molecule has 0 bridgehead atoms. The molecule has 14 heteroatoms. The van der Waals surface area contributed by atoms with Crippen molar-refractivity contribution in [3.8, 4) is 20.9 Å². The standard InChI is InChI=1S/C10H7NO2S.C10H9NS.C6H6BNO4.C4H3BrS/c12-11(13)9-4-1-3-8(7-9)10-5-2-6-14-10;11-9-4-1-3-8(7-9)10-5-2-6-12-10;9-7(10)5-2-1-3-6(4-5)8(11)12;5-4-2-1-3-6-4/h1-7H;1-7H,11H2;1-4,9-10H;1-3H. The molecular weight excluding hydrogens is 685 g/mol. The molecule has 3 heterocycles. The van der Waals surface area contributed by atoms with Crippen LogP contribution in [-0.2, 0) is 0 Å². The van der Waals surface area contributed by atoms with Gasteiger partial charge in [-0.1, -0.05) is 54.6 Å². The molecule has 9 nitrogen and oxygen atoms in total. The van der Waals surface area contributed by atoms with E-state index in [4.69, 9.17) is 15.8 Å². The van der Waals surface area contributed by atoms with Gasteiger partial charge < -0.3 is 15.8 Å². The van der Waals surface area contributed by atoms with Crippen molar-refractivity contribution in [2.45, 2.75) is 0 Å². The van der Waals surface area contributed by atoms with Gasteiger partial charge in [0.15, 0.2) is 0 Å². The van der Waals surface area contributed by atoms with E-state index in [0.717, 1.165) is 22.2 Å². The first-order chi connectivity index (χ1) is 21.1. The van der Waals surface area contributed by atoms with E-state index in [1.165, 1.54) is 38.5 Å². The number of rotatable bonds is 5. The predicted octanol–water partition coefficient (Wildman–Crippen LogP) is 8.11. The molecular formula is C30H25BBrN3O6S3. The van der Waals surface area contributed by atoms with Gasteiger partial charge in [0, 0.05) is 39.7 Å². The van der Waals surface area contributed by atoms with Crippen LogP contribution in [0.5, 0.6) is 0 Å². The van der Waals surface area contributed by atoms with Gasteiger partial charge in [-0.05, 0) is 79.0 Å². The summed E-state index contributed by atoms with van der Waals surface area (Å²) in [5.74, 6) is 0. The number of non-ortho nitro benzene ring substituents is 2. The second-order valence-electron chi connectivity index (χ2n) is 8.53. The van der Waals surface area contributed by atoms with E-state index in [-0.39, 0.29) is 21.8 Å². The Morgan fingerprint density at radius 3 is 1.57 bits per heavy atom. The highest BCUT2D eigenvalue weighted by Gasteiger charge is 2.14. The van der Waals surface area contributed by atoms with E-state index in [0.29, 0.717) is 0 Å².